The van der Waals surface area contributed by atoms with Crippen LogP contribution in [0.3, 0.4) is 0 Å². The number of fused-ring (bicyclic) bond motifs is 3. The van der Waals surface area contributed by atoms with E-state index in [1.165, 1.54) is 28.4 Å². The zero-order chi connectivity index (χ0) is 19.3. The predicted octanol–water partition coefficient (Wildman–Crippen LogP) is 2.83. The van der Waals surface area contributed by atoms with Gasteiger partial charge < -0.3 is 4.90 Å². The smallest absolute Gasteiger partial charge is 0.252 e. The number of sulfonamides is 1. The molecule has 10 heteroatoms. The molecule has 0 aromatic carbocycles. The van der Waals surface area contributed by atoms with Gasteiger partial charge in [-0.25, -0.2) is 17.9 Å². The number of aromatic nitrogens is 3. The molecule has 0 N–H and O–H groups in total. The van der Waals surface area contributed by atoms with Gasteiger partial charge in [0.25, 0.3) is 10.0 Å². The molecule has 148 valence electrons. The fourth-order valence-electron chi connectivity index (χ4n) is 4.08. The summed E-state index contributed by atoms with van der Waals surface area (Å²) >= 11 is 7.02. The molecule has 0 radical (unpaired) electrons. The lowest BCUT2D eigenvalue weighted by atomic mass is 9.97. The second kappa shape index (κ2) is 6.98. The van der Waals surface area contributed by atoms with Crippen LogP contribution in [0.25, 0.3) is 5.52 Å². The zero-order valence-electron chi connectivity index (χ0n) is 15.2. The Labute approximate surface area is 172 Å². The topological polar surface area (TPSA) is 70.8 Å². The highest BCUT2D eigenvalue weighted by Crippen LogP contribution is 2.32. The number of anilines is 1. The Morgan fingerprint density at radius 1 is 1.07 bits per heavy atom. The highest BCUT2D eigenvalue weighted by atomic mass is 35.5. The van der Waals surface area contributed by atoms with Crippen molar-refractivity contribution in [3.63, 3.8) is 0 Å². The van der Waals surface area contributed by atoms with Gasteiger partial charge in [-0.3, -0.25) is 0 Å². The molecule has 1 saturated heterocycles. The van der Waals surface area contributed by atoms with Gasteiger partial charge in [0.05, 0.1) is 10.0 Å². The number of rotatable bonds is 3. The van der Waals surface area contributed by atoms with Gasteiger partial charge in [-0.1, -0.05) is 11.6 Å². The lowest BCUT2D eigenvalue weighted by molar-refractivity contribution is 0.385. The Morgan fingerprint density at radius 2 is 1.86 bits per heavy atom. The Morgan fingerprint density at radius 3 is 2.61 bits per heavy atom. The van der Waals surface area contributed by atoms with Gasteiger partial charge >= 0.3 is 0 Å². The van der Waals surface area contributed by atoms with Crippen LogP contribution >= 0.6 is 22.9 Å². The molecule has 28 heavy (non-hydrogen) atoms. The number of hydrogen-bond donors (Lipinski definition) is 0. The molecule has 0 unspecified atom stereocenters. The Hall–Kier alpha value is -1.68. The third-order valence-electron chi connectivity index (χ3n) is 5.48. The fourth-order valence-corrected chi connectivity index (χ4v) is 7.14. The first-order valence-electron chi connectivity index (χ1n) is 9.39. The molecule has 4 heterocycles. The molecule has 3 aromatic heterocycles. The molecule has 0 saturated carbocycles. The summed E-state index contributed by atoms with van der Waals surface area (Å²) in [5.74, 6) is 0.911. The van der Waals surface area contributed by atoms with E-state index < -0.39 is 10.0 Å². The molecule has 5 rings (SSSR count). The monoisotopic (exact) mass is 437 g/mol. The van der Waals surface area contributed by atoms with Crippen LogP contribution in [0, 0.1) is 0 Å². The molecule has 3 aromatic rings. The Balaban J connectivity index is 1.41. The highest BCUT2D eigenvalue weighted by Gasteiger charge is 2.31. The summed E-state index contributed by atoms with van der Waals surface area (Å²) in [5, 5.41) is 4.74. The second-order valence-corrected chi connectivity index (χ2v) is 11.0. The summed E-state index contributed by atoms with van der Waals surface area (Å²) < 4.78 is 29.9. The number of nitrogens with zero attached hydrogens (tertiary/aromatic N) is 5. The number of piperazine rings is 1. The van der Waals surface area contributed by atoms with Crippen molar-refractivity contribution in [3.05, 3.63) is 40.1 Å². The van der Waals surface area contributed by atoms with E-state index in [9.17, 15) is 8.42 Å². The van der Waals surface area contributed by atoms with Crippen LogP contribution in [-0.4, -0.2) is 53.5 Å². The molecule has 2 aliphatic rings. The highest BCUT2D eigenvalue weighted by molar-refractivity contribution is 7.91. The number of hydrogen-bond acceptors (Lipinski definition) is 6. The molecule has 0 amide bonds. The summed E-state index contributed by atoms with van der Waals surface area (Å²) in [4.78, 5) is 6.82. The maximum Gasteiger partial charge on any atom is 0.252 e. The van der Waals surface area contributed by atoms with Crippen molar-refractivity contribution in [2.75, 3.05) is 31.1 Å². The average molecular weight is 438 g/mol. The molecule has 0 spiro atoms. The summed E-state index contributed by atoms with van der Waals surface area (Å²) in [6.07, 6.45) is 8.09. The Kier molecular flexibility index (Phi) is 4.58. The molecular formula is C18H20ClN5O2S2. The van der Waals surface area contributed by atoms with Crippen LogP contribution in [-0.2, 0) is 22.9 Å². The molecule has 0 bridgehead atoms. The summed E-state index contributed by atoms with van der Waals surface area (Å²) in [6, 6.07) is 3.21. The normalized spacial score (nSPS) is 18.5. The maximum absolute atomic E-state index is 12.8. The van der Waals surface area contributed by atoms with E-state index in [1.807, 2.05) is 10.7 Å². The van der Waals surface area contributed by atoms with E-state index in [0.29, 0.717) is 34.7 Å². The lowest BCUT2D eigenvalue weighted by Gasteiger charge is -2.34. The van der Waals surface area contributed by atoms with Crippen molar-refractivity contribution in [3.8, 4) is 0 Å². The predicted molar refractivity (Wildman–Crippen MR) is 110 cm³/mol. The van der Waals surface area contributed by atoms with Gasteiger partial charge in [-0.15, -0.1) is 11.3 Å². The minimum Gasteiger partial charge on any atom is -0.352 e. The standard InChI is InChI=1S/C18H20ClN5O2S2/c19-15-5-6-16(27-15)28(25,26)23-11-9-22(10-12-23)18-17-13-3-1-2-4-14(13)21-24(17)8-7-20-18/h5-8H,1-4,9-12H2. The maximum atomic E-state index is 12.8. The lowest BCUT2D eigenvalue weighted by Crippen LogP contribution is -2.48. The van der Waals surface area contributed by atoms with Crippen molar-refractivity contribution in [1.29, 1.82) is 0 Å². The van der Waals surface area contributed by atoms with E-state index in [4.69, 9.17) is 16.7 Å². The summed E-state index contributed by atoms with van der Waals surface area (Å²) in [5.41, 5.74) is 3.56. The molecule has 1 aliphatic carbocycles. The first-order chi connectivity index (χ1) is 13.5. The van der Waals surface area contributed by atoms with Crippen LogP contribution in [0.1, 0.15) is 24.1 Å². The van der Waals surface area contributed by atoms with E-state index in [1.54, 1.807) is 18.3 Å². The van der Waals surface area contributed by atoms with Crippen LogP contribution in [0.5, 0.6) is 0 Å². The SMILES string of the molecule is O=S(=O)(c1ccc(Cl)s1)N1CCN(c2nccn3nc4c(c23)CCCC4)CC1. The number of halogens is 1. The second-order valence-electron chi connectivity index (χ2n) is 7.13. The molecular weight excluding hydrogens is 418 g/mol. The molecule has 1 aliphatic heterocycles. The average Bonchev–Trinajstić information content (AvgIpc) is 3.32. The minimum atomic E-state index is -3.49. The third-order valence-corrected chi connectivity index (χ3v) is 9.08. The van der Waals surface area contributed by atoms with Gasteiger partial charge in [-0.05, 0) is 37.8 Å². The van der Waals surface area contributed by atoms with Crippen molar-refractivity contribution in [2.45, 2.75) is 29.9 Å². The van der Waals surface area contributed by atoms with Crippen molar-refractivity contribution >= 4 is 44.3 Å². The van der Waals surface area contributed by atoms with E-state index in [-0.39, 0.29) is 0 Å². The zero-order valence-corrected chi connectivity index (χ0v) is 17.6. The third kappa shape index (κ3) is 3.01. The van der Waals surface area contributed by atoms with E-state index >= 15 is 0 Å². The van der Waals surface area contributed by atoms with E-state index in [0.717, 1.165) is 35.5 Å². The molecule has 0 atom stereocenters. The van der Waals surface area contributed by atoms with Gasteiger partial charge in [0, 0.05) is 44.1 Å². The van der Waals surface area contributed by atoms with Crippen LogP contribution in [0.15, 0.2) is 28.7 Å². The van der Waals surface area contributed by atoms with Crippen molar-refractivity contribution < 1.29 is 8.42 Å². The van der Waals surface area contributed by atoms with Gasteiger partial charge in [0.2, 0.25) is 0 Å². The van der Waals surface area contributed by atoms with E-state index in [2.05, 4.69) is 9.88 Å². The molecule has 1 fully saturated rings. The molecule has 7 nitrogen and oxygen atoms in total. The largest absolute Gasteiger partial charge is 0.352 e. The van der Waals surface area contributed by atoms with Gasteiger partial charge in [-0.2, -0.15) is 9.40 Å². The number of thiophene rings is 1. The fraction of sp³-hybridized carbons (Fsp3) is 0.444. The number of aryl methyl sites for hydroxylation is 2. The summed E-state index contributed by atoms with van der Waals surface area (Å²) in [6.45, 7) is 2.06. The first-order valence-corrected chi connectivity index (χ1v) is 12.0. The van der Waals surface area contributed by atoms with Crippen LogP contribution in [0.2, 0.25) is 4.34 Å². The first kappa shape index (κ1) is 18.4. The minimum absolute atomic E-state index is 0.302. The quantitative estimate of drug-likeness (QED) is 0.630. The van der Waals surface area contributed by atoms with Crippen LogP contribution in [0.4, 0.5) is 5.82 Å². The van der Waals surface area contributed by atoms with Crippen molar-refractivity contribution in [1.82, 2.24) is 18.9 Å². The van der Waals surface area contributed by atoms with Crippen molar-refractivity contribution in [2.24, 2.45) is 0 Å². The summed E-state index contributed by atoms with van der Waals surface area (Å²) in [7, 11) is -3.49. The van der Waals surface area contributed by atoms with Crippen LogP contribution < -0.4 is 4.90 Å². The Bertz CT molecular complexity index is 1130. The van der Waals surface area contributed by atoms with Gasteiger partial charge in [0.15, 0.2) is 5.82 Å². The van der Waals surface area contributed by atoms with Gasteiger partial charge in [0.1, 0.15) is 9.73 Å².